The van der Waals surface area contributed by atoms with E-state index in [2.05, 4.69) is 277 Å². The molecule has 0 amide bonds. The van der Waals surface area contributed by atoms with E-state index in [9.17, 15) is 0 Å². The second-order valence-electron chi connectivity index (χ2n) is 18.5. The summed E-state index contributed by atoms with van der Waals surface area (Å²) in [5, 5.41) is 10.2. The summed E-state index contributed by atoms with van der Waals surface area (Å²) in [4.78, 5) is 4.91. The van der Waals surface area contributed by atoms with Crippen molar-refractivity contribution < 1.29 is 0 Å². The van der Waals surface area contributed by atoms with Crippen LogP contribution in [0.4, 0.5) is 34.1 Å². The molecule has 0 aliphatic heterocycles. The molecule has 0 aliphatic rings. The van der Waals surface area contributed by atoms with E-state index < -0.39 is 0 Å². The van der Waals surface area contributed by atoms with Gasteiger partial charge in [-0.15, -0.1) is 22.7 Å². The number of hydrogen-bond acceptors (Lipinski definition) is 4. The lowest BCUT2D eigenvalue weighted by Crippen LogP contribution is -2.11. The lowest BCUT2D eigenvalue weighted by Gasteiger charge is -2.28. The smallest absolute Gasteiger partial charge is 0.0640 e. The van der Waals surface area contributed by atoms with Crippen LogP contribution in [0.5, 0.6) is 0 Å². The quantitative estimate of drug-likeness (QED) is 0.142. The standard InChI is InChI=1S/C68H44N2S2/c1-2-15-45(16-3-1)50-20-10-24-56(42-50)70(62-30-13-28-60-59-27-8-9-32-64(59)71-67(60)62)57-25-12-22-52(44-57)51-21-11-23-55(43-51)69(54-38-35-47(36-39-54)53-34-33-46-17-4-5-19-49(46)41-53)63-31-14-29-61-66-58-26-7-6-18-48(58)37-40-65(66)72-68(61)63/h1-44H. The molecular formula is C68H44N2S2. The average molecular weight is 953 g/mol. The zero-order valence-corrected chi connectivity index (χ0v) is 40.7. The minimum absolute atomic E-state index is 1.09. The van der Waals surface area contributed by atoms with Crippen molar-refractivity contribution in [2.24, 2.45) is 0 Å². The zero-order valence-electron chi connectivity index (χ0n) is 39.1. The van der Waals surface area contributed by atoms with Crippen molar-refractivity contribution in [1.82, 2.24) is 0 Å². The van der Waals surface area contributed by atoms with Crippen LogP contribution in [0, 0.1) is 0 Å². The summed E-state index contributed by atoms with van der Waals surface area (Å²) in [5.41, 5.74) is 13.7. The fourth-order valence-electron chi connectivity index (χ4n) is 10.8. The van der Waals surface area contributed by atoms with Crippen molar-refractivity contribution in [3.05, 3.63) is 267 Å². The van der Waals surface area contributed by atoms with Crippen LogP contribution in [0.2, 0.25) is 0 Å². The first-order valence-electron chi connectivity index (χ1n) is 24.5. The Balaban J connectivity index is 0.922. The fraction of sp³-hybridized carbons (Fsp3) is 0. The van der Waals surface area contributed by atoms with Gasteiger partial charge in [0.15, 0.2) is 0 Å². The predicted octanol–water partition coefficient (Wildman–Crippen LogP) is 20.7. The Hall–Kier alpha value is -8.80. The Morgan fingerprint density at radius 1 is 0.236 bits per heavy atom. The Labute approximate surface area is 426 Å². The van der Waals surface area contributed by atoms with Gasteiger partial charge in [0.05, 0.1) is 20.8 Å². The molecule has 4 heteroatoms. The molecule has 0 saturated carbocycles. The summed E-state index contributed by atoms with van der Waals surface area (Å²) in [6, 6.07) is 98.0. The lowest BCUT2D eigenvalue weighted by atomic mass is 10.00. The van der Waals surface area contributed by atoms with Crippen LogP contribution >= 0.6 is 22.7 Å². The average Bonchev–Trinajstić information content (AvgIpc) is 4.04. The first-order chi connectivity index (χ1) is 35.7. The fourth-order valence-corrected chi connectivity index (χ4v) is 13.2. The van der Waals surface area contributed by atoms with Crippen LogP contribution in [0.25, 0.3) is 95.3 Å². The molecule has 0 spiro atoms. The van der Waals surface area contributed by atoms with E-state index in [1.54, 1.807) is 0 Å². The molecule has 0 unspecified atom stereocenters. The minimum Gasteiger partial charge on any atom is -0.309 e. The van der Waals surface area contributed by atoms with Gasteiger partial charge >= 0.3 is 0 Å². The van der Waals surface area contributed by atoms with E-state index in [-0.39, 0.29) is 0 Å². The Morgan fingerprint density at radius 2 is 0.694 bits per heavy atom. The number of anilines is 6. The summed E-state index contributed by atoms with van der Waals surface area (Å²) in [6.45, 7) is 0. The van der Waals surface area contributed by atoms with Gasteiger partial charge in [-0.2, -0.15) is 0 Å². The molecule has 0 atom stereocenters. The molecular weight excluding hydrogens is 909 g/mol. The first kappa shape index (κ1) is 42.1. The molecule has 72 heavy (non-hydrogen) atoms. The zero-order chi connectivity index (χ0) is 47.5. The van der Waals surface area contributed by atoms with Crippen LogP contribution in [-0.4, -0.2) is 0 Å². The van der Waals surface area contributed by atoms with E-state index in [4.69, 9.17) is 0 Å². The number of benzene rings is 12. The van der Waals surface area contributed by atoms with Crippen molar-refractivity contribution >= 4 is 119 Å². The molecule has 14 aromatic rings. The van der Waals surface area contributed by atoms with Gasteiger partial charge in [0.2, 0.25) is 0 Å². The highest BCUT2D eigenvalue weighted by molar-refractivity contribution is 7.27. The lowest BCUT2D eigenvalue weighted by molar-refractivity contribution is 1.29. The van der Waals surface area contributed by atoms with Gasteiger partial charge < -0.3 is 9.80 Å². The summed E-state index contributed by atoms with van der Waals surface area (Å²) >= 11 is 3.74. The predicted molar refractivity (Wildman–Crippen MR) is 313 cm³/mol. The third kappa shape index (κ3) is 7.31. The summed E-state index contributed by atoms with van der Waals surface area (Å²) in [7, 11) is 0. The Morgan fingerprint density at radius 3 is 1.40 bits per heavy atom. The number of fused-ring (bicyclic) bond motifs is 9. The van der Waals surface area contributed by atoms with E-state index >= 15 is 0 Å². The highest BCUT2D eigenvalue weighted by atomic mass is 32.1. The molecule has 2 aromatic heterocycles. The van der Waals surface area contributed by atoms with Crippen molar-refractivity contribution in [3.63, 3.8) is 0 Å². The van der Waals surface area contributed by atoms with Crippen molar-refractivity contribution in [2.75, 3.05) is 9.80 Å². The van der Waals surface area contributed by atoms with Crippen molar-refractivity contribution in [3.8, 4) is 33.4 Å². The first-order valence-corrected chi connectivity index (χ1v) is 26.1. The highest BCUT2D eigenvalue weighted by Crippen LogP contribution is 2.49. The second-order valence-corrected chi connectivity index (χ2v) is 20.6. The van der Waals surface area contributed by atoms with Gasteiger partial charge in [-0.05, 0) is 134 Å². The van der Waals surface area contributed by atoms with Gasteiger partial charge in [-0.3, -0.25) is 0 Å². The van der Waals surface area contributed by atoms with Crippen molar-refractivity contribution in [2.45, 2.75) is 0 Å². The van der Waals surface area contributed by atoms with Gasteiger partial charge in [0.1, 0.15) is 0 Å². The number of hydrogen-bond donors (Lipinski definition) is 0. The largest absolute Gasteiger partial charge is 0.309 e. The van der Waals surface area contributed by atoms with Crippen molar-refractivity contribution in [1.29, 1.82) is 0 Å². The van der Waals surface area contributed by atoms with Crippen LogP contribution in [-0.2, 0) is 0 Å². The molecule has 14 rings (SSSR count). The minimum atomic E-state index is 1.09. The molecule has 338 valence electrons. The molecule has 0 N–H and O–H groups in total. The SMILES string of the molecule is c1ccc(-c2cccc(N(c3cccc(-c4cccc(N(c5ccc(-c6ccc7ccccc7c6)cc5)c5cccc6c5sc5ccc7ccccc7c56)c4)c3)c3cccc4c3sc3ccccc34)c2)cc1. The highest BCUT2D eigenvalue weighted by Gasteiger charge is 2.22. The third-order valence-electron chi connectivity index (χ3n) is 14.2. The van der Waals surface area contributed by atoms with Crippen LogP contribution in [0.3, 0.4) is 0 Å². The molecule has 0 bridgehead atoms. The maximum absolute atomic E-state index is 2.46. The Kier molecular flexibility index (Phi) is 10.3. The monoisotopic (exact) mass is 952 g/mol. The van der Waals surface area contributed by atoms with Gasteiger partial charge in [0, 0.05) is 53.7 Å². The topological polar surface area (TPSA) is 6.48 Å². The van der Waals surface area contributed by atoms with Gasteiger partial charge in [-0.1, -0.05) is 188 Å². The van der Waals surface area contributed by atoms with E-state index in [0.29, 0.717) is 0 Å². The molecule has 0 fully saturated rings. The van der Waals surface area contributed by atoms with Gasteiger partial charge in [-0.25, -0.2) is 0 Å². The third-order valence-corrected chi connectivity index (χ3v) is 16.6. The summed E-state index contributed by atoms with van der Waals surface area (Å²) in [6.07, 6.45) is 0. The molecule has 2 heterocycles. The Bertz CT molecular complexity index is 4360. The molecule has 12 aromatic carbocycles. The summed E-state index contributed by atoms with van der Waals surface area (Å²) in [5.74, 6) is 0. The summed E-state index contributed by atoms with van der Waals surface area (Å²) < 4.78 is 5.11. The number of nitrogens with zero attached hydrogens (tertiary/aromatic N) is 2. The molecule has 0 aliphatic carbocycles. The number of thiophene rings is 2. The maximum atomic E-state index is 2.46. The van der Waals surface area contributed by atoms with Crippen LogP contribution < -0.4 is 9.80 Å². The normalized spacial score (nSPS) is 11.6. The maximum Gasteiger partial charge on any atom is 0.0640 e. The second kappa shape index (κ2) is 17.6. The van der Waals surface area contributed by atoms with Crippen LogP contribution in [0.1, 0.15) is 0 Å². The number of rotatable bonds is 9. The van der Waals surface area contributed by atoms with E-state index in [1.807, 2.05) is 22.7 Å². The molecule has 0 radical (unpaired) electrons. The van der Waals surface area contributed by atoms with Crippen LogP contribution in [0.15, 0.2) is 267 Å². The molecule has 0 saturated heterocycles. The van der Waals surface area contributed by atoms with E-state index in [0.717, 1.165) is 45.3 Å². The van der Waals surface area contributed by atoms with Gasteiger partial charge in [0.25, 0.3) is 0 Å². The molecule has 2 nitrogen and oxygen atoms in total. The van der Waals surface area contributed by atoms with E-state index in [1.165, 1.54) is 84.1 Å².